The molecule has 1 fully saturated rings. The minimum Gasteiger partial charge on any atom is -0.457 e. The fourth-order valence-corrected chi connectivity index (χ4v) is 8.09. The molecule has 0 radical (unpaired) electrons. The monoisotopic (exact) mass is 811 g/mol. The summed E-state index contributed by atoms with van der Waals surface area (Å²) in [5.74, 6) is -0.476. The summed E-state index contributed by atoms with van der Waals surface area (Å²) in [5, 5.41) is 50.0. The predicted octanol–water partition coefficient (Wildman–Crippen LogP) is 8.59. The molecule has 1 aliphatic rings. The van der Waals surface area contributed by atoms with Crippen molar-refractivity contribution >= 4 is 13.8 Å². The molecule has 328 valence electrons. The molecule has 1 saturated carbocycles. The van der Waals surface area contributed by atoms with E-state index in [9.17, 15) is 39.8 Å². The molecule has 12 nitrogen and oxygen atoms in total. The smallest absolute Gasteiger partial charge is 0.457 e. The SMILES string of the molecule is CCCCCCCCCCCCCCCCCCCCCOCC(COP(=O)(O)OC1C(O)C(O)C(O)C(O)C1O)OC(=O)CCCCCCCCCCC. The Morgan fingerprint density at radius 1 is 0.509 bits per heavy atom. The van der Waals surface area contributed by atoms with Gasteiger partial charge in [0.2, 0.25) is 0 Å². The molecule has 6 atom stereocenters. The van der Waals surface area contributed by atoms with Gasteiger partial charge in [0.1, 0.15) is 42.7 Å². The predicted molar refractivity (Wildman–Crippen MR) is 217 cm³/mol. The van der Waals surface area contributed by atoms with E-state index in [-0.39, 0.29) is 13.0 Å². The molecule has 1 aliphatic carbocycles. The summed E-state index contributed by atoms with van der Waals surface area (Å²) >= 11 is 0. The second kappa shape index (κ2) is 34.2. The van der Waals surface area contributed by atoms with Gasteiger partial charge in [0.15, 0.2) is 0 Å². The van der Waals surface area contributed by atoms with Crippen molar-refractivity contribution in [2.45, 2.75) is 243 Å². The number of phosphoric ester groups is 1. The Labute approximate surface area is 334 Å². The van der Waals surface area contributed by atoms with Gasteiger partial charge in [-0.05, 0) is 12.8 Å². The number of aliphatic hydroxyl groups is 5. The third-order valence-corrected chi connectivity index (χ3v) is 11.7. The lowest BCUT2D eigenvalue weighted by Crippen LogP contribution is -2.64. The van der Waals surface area contributed by atoms with Crippen molar-refractivity contribution in [1.29, 1.82) is 0 Å². The number of unbranched alkanes of at least 4 members (excludes halogenated alkanes) is 26. The van der Waals surface area contributed by atoms with Gasteiger partial charge in [-0.1, -0.05) is 181 Å². The van der Waals surface area contributed by atoms with Gasteiger partial charge in [0.05, 0.1) is 13.2 Å². The second-order valence-corrected chi connectivity index (χ2v) is 17.3. The van der Waals surface area contributed by atoms with Crippen LogP contribution < -0.4 is 0 Å². The van der Waals surface area contributed by atoms with Crippen LogP contribution in [0.2, 0.25) is 0 Å². The van der Waals surface area contributed by atoms with E-state index in [2.05, 4.69) is 13.8 Å². The summed E-state index contributed by atoms with van der Waals surface area (Å²) in [7, 11) is -5.00. The highest BCUT2D eigenvalue weighted by Gasteiger charge is 2.51. The Morgan fingerprint density at radius 3 is 1.25 bits per heavy atom. The van der Waals surface area contributed by atoms with Gasteiger partial charge in [-0.2, -0.15) is 0 Å². The van der Waals surface area contributed by atoms with Crippen LogP contribution in [0.25, 0.3) is 0 Å². The highest BCUT2D eigenvalue weighted by Crippen LogP contribution is 2.47. The molecular formula is C42H83O12P. The number of carbonyl (C=O) groups excluding carboxylic acids is 1. The van der Waals surface area contributed by atoms with E-state index in [0.29, 0.717) is 13.0 Å². The standard InChI is InChI=1S/C42H83O12P/c1-3-5-7-9-11-13-14-15-16-17-18-19-20-21-22-24-26-28-30-32-51-33-35(53-36(43)31-29-27-25-23-12-10-8-6-4-2)34-52-55(49,50)54-42-40(47)38(45)37(44)39(46)41(42)48/h35,37-42,44-48H,3-34H2,1-2H3,(H,49,50). The largest absolute Gasteiger partial charge is 0.472 e. The number of phosphoric acid groups is 1. The maximum atomic E-state index is 12.8. The third-order valence-electron chi connectivity index (χ3n) is 10.7. The quantitative estimate of drug-likeness (QED) is 0.0198. The number of hydrogen-bond donors (Lipinski definition) is 6. The van der Waals surface area contributed by atoms with E-state index in [4.69, 9.17) is 18.5 Å². The first-order valence-corrected chi connectivity index (χ1v) is 23.9. The Bertz CT molecular complexity index is 926. The maximum Gasteiger partial charge on any atom is 0.472 e. The lowest BCUT2D eigenvalue weighted by molar-refractivity contribution is -0.220. The first kappa shape index (κ1) is 52.4. The van der Waals surface area contributed by atoms with Crippen LogP contribution in [0.1, 0.15) is 200 Å². The molecule has 0 aromatic carbocycles. The summed E-state index contributed by atoms with van der Waals surface area (Å²) in [6.45, 7) is 4.25. The first-order valence-electron chi connectivity index (χ1n) is 22.4. The van der Waals surface area contributed by atoms with E-state index in [1.165, 1.54) is 135 Å². The molecule has 6 N–H and O–H groups in total. The fraction of sp³-hybridized carbons (Fsp3) is 0.976. The van der Waals surface area contributed by atoms with E-state index >= 15 is 0 Å². The number of esters is 1. The molecule has 0 aliphatic heterocycles. The number of hydrogen-bond acceptors (Lipinski definition) is 11. The highest BCUT2D eigenvalue weighted by atomic mass is 31.2. The number of aliphatic hydroxyl groups excluding tert-OH is 5. The highest BCUT2D eigenvalue weighted by molar-refractivity contribution is 7.47. The zero-order valence-corrected chi connectivity index (χ0v) is 35.6. The van der Waals surface area contributed by atoms with Crippen LogP contribution in [0.15, 0.2) is 0 Å². The van der Waals surface area contributed by atoms with Crippen LogP contribution in [0.5, 0.6) is 0 Å². The van der Waals surface area contributed by atoms with Gasteiger partial charge in [0, 0.05) is 13.0 Å². The average Bonchev–Trinajstić information content (AvgIpc) is 3.17. The summed E-state index contributed by atoms with van der Waals surface area (Å²) in [6.07, 6.45) is 21.9. The molecule has 13 heteroatoms. The maximum absolute atomic E-state index is 12.8. The minimum atomic E-state index is -5.00. The van der Waals surface area contributed by atoms with Crippen molar-refractivity contribution in [1.82, 2.24) is 0 Å². The van der Waals surface area contributed by atoms with Crippen molar-refractivity contribution in [2.75, 3.05) is 19.8 Å². The molecule has 55 heavy (non-hydrogen) atoms. The van der Waals surface area contributed by atoms with Crippen LogP contribution >= 0.6 is 7.82 Å². The van der Waals surface area contributed by atoms with Crippen molar-refractivity contribution in [2.24, 2.45) is 0 Å². The summed E-state index contributed by atoms with van der Waals surface area (Å²) in [5.41, 5.74) is 0. The summed E-state index contributed by atoms with van der Waals surface area (Å²) in [4.78, 5) is 23.0. The molecule has 0 heterocycles. The zero-order valence-electron chi connectivity index (χ0n) is 34.7. The van der Waals surface area contributed by atoms with E-state index < -0.39 is 63.1 Å². The Hall–Kier alpha value is -0.660. The van der Waals surface area contributed by atoms with Crippen LogP contribution in [0.4, 0.5) is 0 Å². The summed E-state index contributed by atoms with van der Waals surface area (Å²) < 4.78 is 34.1. The van der Waals surface area contributed by atoms with Crippen molar-refractivity contribution in [3.63, 3.8) is 0 Å². The van der Waals surface area contributed by atoms with Crippen LogP contribution in [-0.2, 0) is 27.9 Å². The van der Waals surface area contributed by atoms with Gasteiger partial charge in [-0.3, -0.25) is 13.8 Å². The van der Waals surface area contributed by atoms with Crippen molar-refractivity contribution in [3.8, 4) is 0 Å². The number of carbonyl (C=O) groups is 1. The lowest BCUT2D eigenvalue weighted by Gasteiger charge is -2.41. The Balaban J connectivity index is 2.33. The van der Waals surface area contributed by atoms with Crippen molar-refractivity contribution in [3.05, 3.63) is 0 Å². The van der Waals surface area contributed by atoms with Gasteiger partial charge < -0.3 is 39.9 Å². The molecular weight excluding hydrogens is 727 g/mol. The van der Waals surface area contributed by atoms with Gasteiger partial charge in [-0.25, -0.2) is 4.57 Å². The topological polar surface area (TPSA) is 192 Å². The first-order chi connectivity index (χ1) is 26.5. The van der Waals surface area contributed by atoms with E-state index in [1.54, 1.807) is 0 Å². The number of ether oxygens (including phenoxy) is 2. The minimum absolute atomic E-state index is 0.0686. The molecule has 0 saturated heterocycles. The molecule has 6 unspecified atom stereocenters. The molecule has 0 bridgehead atoms. The normalized spacial score (nSPS) is 23.1. The average molecular weight is 811 g/mol. The van der Waals surface area contributed by atoms with Gasteiger partial charge >= 0.3 is 13.8 Å². The zero-order chi connectivity index (χ0) is 40.6. The Kier molecular flexibility index (Phi) is 32.6. The Morgan fingerprint density at radius 2 is 0.855 bits per heavy atom. The van der Waals surface area contributed by atoms with E-state index in [0.717, 1.165) is 38.5 Å². The van der Waals surface area contributed by atoms with E-state index in [1.807, 2.05) is 0 Å². The third kappa shape index (κ3) is 26.9. The molecule has 0 spiro atoms. The lowest BCUT2D eigenvalue weighted by atomic mass is 9.85. The van der Waals surface area contributed by atoms with Crippen LogP contribution in [-0.4, -0.2) is 98.9 Å². The molecule has 0 amide bonds. The summed E-state index contributed by atoms with van der Waals surface area (Å²) in [6, 6.07) is 0. The van der Waals surface area contributed by atoms with Gasteiger partial charge in [-0.15, -0.1) is 0 Å². The van der Waals surface area contributed by atoms with Crippen molar-refractivity contribution < 1.29 is 58.3 Å². The molecule has 0 aromatic rings. The van der Waals surface area contributed by atoms with Crippen LogP contribution in [0, 0.1) is 0 Å². The van der Waals surface area contributed by atoms with Crippen LogP contribution in [0.3, 0.4) is 0 Å². The fourth-order valence-electron chi connectivity index (χ4n) is 7.12. The second-order valence-electron chi connectivity index (χ2n) is 15.9. The number of rotatable bonds is 38. The molecule has 1 rings (SSSR count). The molecule has 0 aromatic heterocycles. The van der Waals surface area contributed by atoms with Gasteiger partial charge in [0.25, 0.3) is 0 Å².